The molecule has 2 atom stereocenters. The van der Waals surface area contributed by atoms with Crippen LogP contribution < -0.4 is 10.5 Å². The van der Waals surface area contributed by atoms with Crippen LogP contribution in [0, 0.1) is 11.8 Å². The lowest BCUT2D eigenvalue weighted by Gasteiger charge is -2.44. The third-order valence-electron chi connectivity index (χ3n) is 3.73. The Bertz CT molecular complexity index is 320. The van der Waals surface area contributed by atoms with Gasteiger partial charge in [-0.2, -0.15) is 0 Å². The second-order valence-electron chi connectivity index (χ2n) is 5.10. The lowest BCUT2D eigenvalue weighted by atomic mass is 9.67. The van der Waals surface area contributed by atoms with Crippen molar-refractivity contribution in [3.8, 4) is 0 Å². The number of rotatable bonds is 2. The van der Waals surface area contributed by atoms with Gasteiger partial charge >= 0.3 is 0 Å². The summed E-state index contributed by atoms with van der Waals surface area (Å²) in [6, 6.07) is 0.423. The van der Waals surface area contributed by atoms with Crippen LogP contribution in [0.3, 0.4) is 0 Å². The number of sulfonamides is 1. The lowest BCUT2D eigenvalue weighted by molar-refractivity contribution is 0.125. The number of hydrogen-bond acceptors (Lipinski definition) is 3. The Hall–Kier alpha value is 0.160. The standard InChI is InChI=1S/C10H20N2O2S.ClH/c1-15(13,14)12-10-7-3-2-4-8(10)6-9(11)5-7;/h7-10,12H,2-6,11H2,1H3;1H. The van der Waals surface area contributed by atoms with E-state index in [-0.39, 0.29) is 24.5 Å². The predicted octanol–water partition coefficient (Wildman–Crippen LogP) is 0.863. The van der Waals surface area contributed by atoms with Crippen LogP contribution in [0.5, 0.6) is 0 Å². The number of halogens is 1. The lowest BCUT2D eigenvalue weighted by Crippen LogP contribution is -2.53. The van der Waals surface area contributed by atoms with Crippen molar-refractivity contribution in [3.63, 3.8) is 0 Å². The SMILES string of the molecule is CS(=O)(=O)NC1C2CCCC1CC(N)C2.Cl. The summed E-state index contributed by atoms with van der Waals surface area (Å²) < 4.78 is 25.3. The minimum atomic E-state index is -3.07. The van der Waals surface area contributed by atoms with E-state index in [1.165, 1.54) is 12.7 Å². The maximum atomic E-state index is 11.3. The molecule has 0 aliphatic heterocycles. The molecule has 0 radical (unpaired) electrons. The molecule has 0 aromatic carbocycles. The van der Waals surface area contributed by atoms with Gasteiger partial charge in [0.15, 0.2) is 0 Å². The monoisotopic (exact) mass is 268 g/mol. The molecular formula is C10H21ClN2O2S. The van der Waals surface area contributed by atoms with E-state index in [0.29, 0.717) is 11.8 Å². The molecule has 2 bridgehead atoms. The largest absolute Gasteiger partial charge is 0.328 e. The molecule has 0 spiro atoms. The van der Waals surface area contributed by atoms with Crippen molar-refractivity contribution in [2.75, 3.05) is 6.26 Å². The molecule has 6 heteroatoms. The van der Waals surface area contributed by atoms with Gasteiger partial charge in [-0.25, -0.2) is 13.1 Å². The molecule has 2 aliphatic carbocycles. The molecule has 0 heterocycles. The van der Waals surface area contributed by atoms with Crippen LogP contribution in [0.1, 0.15) is 32.1 Å². The minimum absolute atomic E-state index is 0. The van der Waals surface area contributed by atoms with E-state index in [9.17, 15) is 8.42 Å². The fraction of sp³-hybridized carbons (Fsp3) is 1.00. The van der Waals surface area contributed by atoms with Crippen molar-refractivity contribution >= 4 is 22.4 Å². The highest BCUT2D eigenvalue weighted by Crippen LogP contribution is 2.39. The van der Waals surface area contributed by atoms with Crippen LogP contribution in [0.15, 0.2) is 0 Å². The summed E-state index contributed by atoms with van der Waals surface area (Å²) in [6.45, 7) is 0. The van der Waals surface area contributed by atoms with E-state index in [4.69, 9.17) is 5.73 Å². The summed E-state index contributed by atoms with van der Waals surface area (Å²) in [6.07, 6.45) is 6.67. The fourth-order valence-corrected chi connectivity index (χ4v) is 4.11. The summed E-state index contributed by atoms with van der Waals surface area (Å²) in [7, 11) is -3.07. The van der Waals surface area contributed by atoms with E-state index < -0.39 is 10.0 Å². The Morgan fingerprint density at radius 2 is 1.69 bits per heavy atom. The first-order valence-corrected chi connectivity index (χ1v) is 7.58. The zero-order chi connectivity index (χ0) is 11.1. The number of nitrogens with two attached hydrogens (primary N) is 1. The van der Waals surface area contributed by atoms with Gasteiger partial charge in [-0.05, 0) is 37.5 Å². The smallest absolute Gasteiger partial charge is 0.208 e. The van der Waals surface area contributed by atoms with Gasteiger partial charge in [0.25, 0.3) is 0 Å². The summed E-state index contributed by atoms with van der Waals surface area (Å²) in [5, 5.41) is 0. The molecule has 4 nitrogen and oxygen atoms in total. The van der Waals surface area contributed by atoms with E-state index >= 15 is 0 Å². The summed E-state index contributed by atoms with van der Waals surface area (Å²) in [5.74, 6) is 0.921. The summed E-state index contributed by atoms with van der Waals surface area (Å²) in [5.41, 5.74) is 5.97. The molecule has 2 rings (SSSR count). The third-order valence-corrected chi connectivity index (χ3v) is 4.43. The van der Waals surface area contributed by atoms with Crippen molar-refractivity contribution in [2.45, 2.75) is 44.2 Å². The van der Waals surface area contributed by atoms with Crippen molar-refractivity contribution < 1.29 is 8.42 Å². The molecule has 3 N–H and O–H groups in total. The Kier molecular flexibility index (Phi) is 4.63. The van der Waals surface area contributed by atoms with Crippen LogP contribution in [-0.2, 0) is 10.0 Å². The number of nitrogens with one attached hydrogen (secondary N) is 1. The second kappa shape index (κ2) is 5.21. The first kappa shape index (κ1) is 14.2. The molecule has 0 aromatic rings. The van der Waals surface area contributed by atoms with E-state index in [1.54, 1.807) is 0 Å². The van der Waals surface area contributed by atoms with Gasteiger partial charge in [0.05, 0.1) is 6.26 Å². The van der Waals surface area contributed by atoms with Crippen molar-refractivity contribution in [1.82, 2.24) is 4.72 Å². The van der Waals surface area contributed by atoms with E-state index in [2.05, 4.69) is 4.72 Å². The molecule has 0 amide bonds. The van der Waals surface area contributed by atoms with E-state index in [1.807, 2.05) is 0 Å². The Balaban J connectivity index is 0.00000128. The second-order valence-corrected chi connectivity index (χ2v) is 6.88. The molecule has 2 unspecified atom stereocenters. The quantitative estimate of drug-likeness (QED) is 0.780. The van der Waals surface area contributed by atoms with Crippen molar-refractivity contribution in [2.24, 2.45) is 17.6 Å². The third kappa shape index (κ3) is 3.32. The number of hydrogen-bond donors (Lipinski definition) is 2. The molecule has 16 heavy (non-hydrogen) atoms. The van der Waals surface area contributed by atoms with Crippen LogP contribution in [0.2, 0.25) is 0 Å². The van der Waals surface area contributed by atoms with Gasteiger partial charge in [0, 0.05) is 12.1 Å². The van der Waals surface area contributed by atoms with Gasteiger partial charge < -0.3 is 5.73 Å². The van der Waals surface area contributed by atoms with Crippen LogP contribution in [0.25, 0.3) is 0 Å². The number of fused-ring (bicyclic) bond motifs is 2. The fourth-order valence-electron chi connectivity index (χ4n) is 3.23. The maximum absolute atomic E-state index is 11.3. The first-order valence-electron chi connectivity index (χ1n) is 5.68. The maximum Gasteiger partial charge on any atom is 0.208 e. The molecule has 2 saturated carbocycles. The molecule has 0 aromatic heterocycles. The zero-order valence-corrected chi connectivity index (χ0v) is 11.2. The highest BCUT2D eigenvalue weighted by molar-refractivity contribution is 7.88. The van der Waals surface area contributed by atoms with Crippen LogP contribution >= 0.6 is 12.4 Å². The van der Waals surface area contributed by atoms with E-state index in [0.717, 1.165) is 25.7 Å². The van der Waals surface area contributed by atoms with Crippen LogP contribution in [-0.4, -0.2) is 26.8 Å². The van der Waals surface area contributed by atoms with Crippen molar-refractivity contribution in [3.05, 3.63) is 0 Å². The van der Waals surface area contributed by atoms with Gasteiger partial charge in [0.1, 0.15) is 0 Å². The Morgan fingerprint density at radius 1 is 1.19 bits per heavy atom. The molecular weight excluding hydrogens is 248 g/mol. The predicted molar refractivity (Wildman–Crippen MR) is 67.1 cm³/mol. The topological polar surface area (TPSA) is 72.2 Å². The first-order chi connectivity index (χ1) is 6.96. The van der Waals surface area contributed by atoms with Gasteiger partial charge in [0.2, 0.25) is 10.0 Å². The molecule has 2 fully saturated rings. The molecule has 96 valence electrons. The summed E-state index contributed by atoms with van der Waals surface area (Å²) >= 11 is 0. The molecule has 0 saturated heterocycles. The van der Waals surface area contributed by atoms with Crippen LogP contribution in [0.4, 0.5) is 0 Å². The highest BCUT2D eigenvalue weighted by atomic mass is 35.5. The highest BCUT2D eigenvalue weighted by Gasteiger charge is 2.40. The Morgan fingerprint density at radius 3 is 2.12 bits per heavy atom. The minimum Gasteiger partial charge on any atom is -0.328 e. The summed E-state index contributed by atoms with van der Waals surface area (Å²) in [4.78, 5) is 0. The molecule has 2 aliphatic rings. The zero-order valence-electron chi connectivity index (χ0n) is 9.56. The Labute approximate surface area is 104 Å². The average Bonchev–Trinajstić information content (AvgIpc) is 2.04. The van der Waals surface area contributed by atoms with Crippen molar-refractivity contribution in [1.29, 1.82) is 0 Å². The van der Waals surface area contributed by atoms with Gasteiger partial charge in [-0.3, -0.25) is 0 Å². The normalized spacial score (nSPS) is 38.9. The van der Waals surface area contributed by atoms with Gasteiger partial charge in [-0.1, -0.05) is 6.42 Å². The average molecular weight is 269 g/mol. The van der Waals surface area contributed by atoms with Gasteiger partial charge in [-0.15, -0.1) is 12.4 Å².